The average molecular weight is 506 g/mol. The van der Waals surface area contributed by atoms with Crippen molar-refractivity contribution < 1.29 is 9.32 Å². The molecule has 0 radical (unpaired) electrons. The number of pyridine rings is 1. The van der Waals surface area contributed by atoms with E-state index < -0.39 is 0 Å². The second-order valence-corrected chi connectivity index (χ2v) is 9.35. The van der Waals surface area contributed by atoms with Gasteiger partial charge in [-0.25, -0.2) is 9.78 Å². The molecule has 1 N–H and O–H groups in total. The summed E-state index contributed by atoms with van der Waals surface area (Å²) in [6.07, 6.45) is 4.06. The lowest BCUT2D eigenvalue weighted by Gasteiger charge is -2.35. The Labute approximate surface area is 220 Å². The van der Waals surface area contributed by atoms with Crippen molar-refractivity contribution in [2.45, 2.75) is 13.3 Å². The third-order valence-electron chi connectivity index (χ3n) is 6.67. The topological polar surface area (TPSA) is 100 Å². The number of carbonyl (C=O) groups is 1. The Morgan fingerprint density at radius 1 is 0.947 bits per heavy atom. The number of para-hydroxylation sites is 1. The van der Waals surface area contributed by atoms with Crippen LogP contribution in [0.3, 0.4) is 0 Å². The molecule has 1 fully saturated rings. The summed E-state index contributed by atoms with van der Waals surface area (Å²) in [6, 6.07) is 21.6. The SMILES string of the molecule is Cc1ccc(Cc2nc(N3CCN(C(=O)Nc4ccccc4)CC3)c3c(-c4cccnc4)noc3n2)cc1. The van der Waals surface area contributed by atoms with Gasteiger partial charge in [0.1, 0.15) is 22.7 Å². The zero-order chi connectivity index (χ0) is 25.9. The standard InChI is InChI=1S/C29H27N7O2/c1-20-9-11-21(12-10-20)18-24-32-27(25-26(34-38-28(25)33-24)22-6-5-13-30-19-22)35-14-16-36(17-15-35)29(37)31-23-7-3-2-4-8-23/h2-13,19H,14-18H2,1H3,(H,31,37). The number of hydrogen-bond acceptors (Lipinski definition) is 7. The van der Waals surface area contributed by atoms with Crippen LogP contribution >= 0.6 is 0 Å². The molecule has 0 saturated carbocycles. The highest BCUT2D eigenvalue weighted by Crippen LogP contribution is 2.34. The number of amides is 2. The molecule has 5 aromatic rings. The molecule has 1 aliphatic rings. The Balaban J connectivity index is 1.30. The van der Waals surface area contributed by atoms with Crippen LogP contribution in [0.4, 0.5) is 16.3 Å². The van der Waals surface area contributed by atoms with Crippen molar-refractivity contribution in [2.24, 2.45) is 0 Å². The molecule has 38 heavy (non-hydrogen) atoms. The van der Waals surface area contributed by atoms with E-state index in [0.717, 1.165) is 28.0 Å². The first-order valence-electron chi connectivity index (χ1n) is 12.6. The minimum Gasteiger partial charge on any atom is -0.352 e. The van der Waals surface area contributed by atoms with E-state index in [0.29, 0.717) is 49.8 Å². The quantitative estimate of drug-likeness (QED) is 0.361. The lowest BCUT2D eigenvalue weighted by molar-refractivity contribution is 0.208. The monoisotopic (exact) mass is 505 g/mol. The van der Waals surface area contributed by atoms with Crippen molar-refractivity contribution in [1.29, 1.82) is 0 Å². The molecule has 2 aromatic carbocycles. The van der Waals surface area contributed by atoms with Crippen molar-refractivity contribution in [3.8, 4) is 11.3 Å². The summed E-state index contributed by atoms with van der Waals surface area (Å²) < 4.78 is 5.73. The van der Waals surface area contributed by atoms with Gasteiger partial charge in [-0.15, -0.1) is 0 Å². The Morgan fingerprint density at radius 2 is 1.74 bits per heavy atom. The van der Waals surface area contributed by atoms with Gasteiger partial charge in [-0.1, -0.05) is 53.2 Å². The van der Waals surface area contributed by atoms with Gasteiger partial charge in [0.15, 0.2) is 0 Å². The fourth-order valence-corrected chi connectivity index (χ4v) is 4.62. The molecule has 1 aliphatic heterocycles. The molecule has 0 bridgehead atoms. The third kappa shape index (κ3) is 4.90. The Hall–Kier alpha value is -4.79. The van der Waals surface area contributed by atoms with E-state index in [9.17, 15) is 4.79 Å². The van der Waals surface area contributed by atoms with Gasteiger partial charge in [0.05, 0.1) is 0 Å². The second-order valence-electron chi connectivity index (χ2n) is 9.35. The van der Waals surface area contributed by atoms with Crippen molar-refractivity contribution in [1.82, 2.24) is 25.0 Å². The molecule has 0 aliphatic carbocycles. The number of carbonyl (C=O) groups excluding carboxylic acids is 1. The van der Waals surface area contributed by atoms with Gasteiger partial charge >= 0.3 is 6.03 Å². The number of aryl methyl sites for hydroxylation is 1. The summed E-state index contributed by atoms with van der Waals surface area (Å²) in [5.41, 5.74) is 5.05. The summed E-state index contributed by atoms with van der Waals surface area (Å²) >= 11 is 0. The number of nitrogens with zero attached hydrogens (tertiary/aromatic N) is 6. The molecule has 1 saturated heterocycles. The van der Waals surface area contributed by atoms with E-state index in [1.807, 2.05) is 47.4 Å². The van der Waals surface area contributed by atoms with Crippen LogP contribution < -0.4 is 10.2 Å². The van der Waals surface area contributed by atoms with Crippen LogP contribution in [0.25, 0.3) is 22.4 Å². The highest BCUT2D eigenvalue weighted by molar-refractivity contribution is 5.98. The smallest absolute Gasteiger partial charge is 0.321 e. The molecule has 4 heterocycles. The molecule has 2 amide bonds. The first kappa shape index (κ1) is 23.6. The number of rotatable bonds is 5. The normalized spacial score (nSPS) is 13.6. The molecule has 9 nitrogen and oxygen atoms in total. The molecule has 190 valence electrons. The second kappa shape index (κ2) is 10.3. The number of nitrogens with one attached hydrogen (secondary N) is 1. The number of anilines is 2. The number of aromatic nitrogens is 4. The van der Waals surface area contributed by atoms with E-state index >= 15 is 0 Å². The highest BCUT2D eigenvalue weighted by Gasteiger charge is 2.27. The van der Waals surface area contributed by atoms with Crippen LogP contribution in [-0.2, 0) is 6.42 Å². The van der Waals surface area contributed by atoms with Gasteiger partial charge in [0, 0.05) is 56.2 Å². The first-order chi connectivity index (χ1) is 18.6. The van der Waals surface area contributed by atoms with E-state index in [-0.39, 0.29) is 6.03 Å². The van der Waals surface area contributed by atoms with Crippen molar-refractivity contribution in [3.63, 3.8) is 0 Å². The van der Waals surface area contributed by atoms with Gasteiger partial charge in [0.2, 0.25) is 0 Å². The zero-order valence-electron chi connectivity index (χ0n) is 21.0. The van der Waals surface area contributed by atoms with E-state index in [2.05, 4.69) is 51.5 Å². The Bertz CT molecular complexity index is 1550. The molecule has 3 aromatic heterocycles. The molecule has 0 atom stereocenters. The van der Waals surface area contributed by atoms with Crippen LogP contribution in [-0.4, -0.2) is 57.2 Å². The Morgan fingerprint density at radius 3 is 2.47 bits per heavy atom. The lowest BCUT2D eigenvalue weighted by Crippen LogP contribution is -2.50. The van der Waals surface area contributed by atoms with Crippen LogP contribution in [0.15, 0.2) is 83.6 Å². The number of fused-ring (bicyclic) bond motifs is 1. The van der Waals surface area contributed by atoms with Gasteiger partial charge in [-0.05, 0) is 36.8 Å². The van der Waals surface area contributed by atoms with Crippen molar-refractivity contribution >= 4 is 28.6 Å². The number of urea groups is 1. The van der Waals surface area contributed by atoms with Crippen LogP contribution in [0.5, 0.6) is 0 Å². The lowest BCUT2D eigenvalue weighted by atomic mass is 10.1. The molecule has 0 unspecified atom stereocenters. The molecular formula is C29H27N7O2. The maximum Gasteiger partial charge on any atom is 0.321 e. The summed E-state index contributed by atoms with van der Waals surface area (Å²) in [5.74, 6) is 1.43. The number of piperazine rings is 1. The van der Waals surface area contributed by atoms with E-state index in [4.69, 9.17) is 14.5 Å². The molecule has 6 rings (SSSR count). The zero-order valence-corrected chi connectivity index (χ0v) is 21.0. The summed E-state index contributed by atoms with van der Waals surface area (Å²) in [5, 5.41) is 8.08. The third-order valence-corrected chi connectivity index (χ3v) is 6.67. The van der Waals surface area contributed by atoms with E-state index in [1.165, 1.54) is 5.56 Å². The van der Waals surface area contributed by atoms with Crippen LogP contribution in [0.2, 0.25) is 0 Å². The fraction of sp³-hybridized carbons (Fsp3) is 0.207. The average Bonchev–Trinajstić information content (AvgIpc) is 3.39. The highest BCUT2D eigenvalue weighted by atomic mass is 16.5. The maximum atomic E-state index is 12.8. The van der Waals surface area contributed by atoms with Gasteiger partial charge in [0.25, 0.3) is 5.71 Å². The van der Waals surface area contributed by atoms with Crippen LogP contribution in [0, 0.1) is 6.92 Å². The minimum absolute atomic E-state index is 0.107. The van der Waals surface area contributed by atoms with Crippen LogP contribution in [0.1, 0.15) is 17.0 Å². The summed E-state index contributed by atoms with van der Waals surface area (Å²) in [7, 11) is 0. The Kier molecular flexibility index (Phi) is 6.39. The minimum atomic E-state index is -0.107. The first-order valence-corrected chi connectivity index (χ1v) is 12.6. The van der Waals surface area contributed by atoms with Crippen molar-refractivity contribution in [3.05, 3.63) is 96.1 Å². The molecule has 0 spiro atoms. The summed E-state index contributed by atoms with van der Waals surface area (Å²) in [6.45, 7) is 4.43. The van der Waals surface area contributed by atoms with Crippen molar-refractivity contribution in [2.75, 3.05) is 36.4 Å². The fourth-order valence-electron chi connectivity index (χ4n) is 4.62. The number of benzene rings is 2. The van der Waals surface area contributed by atoms with E-state index in [1.54, 1.807) is 12.4 Å². The number of hydrogen-bond donors (Lipinski definition) is 1. The predicted octanol–water partition coefficient (Wildman–Crippen LogP) is 4.93. The molecular weight excluding hydrogens is 478 g/mol. The van der Waals surface area contributed by atoms with Gasteiger partial charge in [-0.2, -0.15) is 4.98 Å². The largest absolute Gasteiger partial charge is 0.352 e. The summed E-state index contributed by atoms with van der Waals surface area (Å²) in [4.78, 5) is 30.8. The molecule has 9 heteroatoms. The maximum absolute atomic E-state index is 12.8. The van der Waals surface area contributed by atoms with Gasteiger partial charge in [-0.3, -0.25) is 4.98 Å². The van der Waals surface area contributed by atoms with Gasteiger partial charge < -0.3 is 19.6 Å². The predicted molar refractivity (Wildman–Crippen MR) is 146 cm³/mol.